The van der Waals surface area contributed by atoms with Gasteiger partial charge in [-0.2, -0.15) is 0 Å². The van der Waals surface area contributed by atoms with Crippen molar-refractivity contribution in [1.29, 1.82) is 0 Å². The first-order chi connectivity index (χ1) is 9.04. The normalized spacial score (nSPS) is 18.1. The first-order valence-electron chi connectivity index (χ1n) is 7.29. The fraction of sp³-hybridized carbons (Fsp3) is 1.00. The van der Waals surface area contributed by atoms with Crippen LogP contribution in [0.3, 0.4) is 0 Å². The minimum absolute atomic E-state index is 0.602. The van der Waals surface area contributed by atoms with Crippen LogP contribution >= 0.6 is 0 Å². The number of nitrogens with zero attached hydrogens (tertiary/aromatic N) is 2. The van der Waals surface area contributed by atoms with Crippen LogP contribution in [0, 0.1) is 0 Å². The summed E-state index contributed by atoms with van der Waals surface area (Å²) in [6, 6.07) is 0. The Balaban J connectivity index is 2.32. The van der Waals surface area contributed by atoms with Crippen molar-refractivity contribution in [3.63, 3.8) is 0 Å². The third-order valence-corrected chi connectivity index (χ3v) is 4.80. The van der Waals surface area contributed by atoms with Crippen molar-refractivity contribution in [3.8, 4) is 0 Å². The minimum atomic E-state index is -3.08. The molecule has 0 amide bonds. The van der Waals surface area contributed by atoms with Crippen LogP contribution in [0.2, 0.25) is 0 Å². The molecule has 5 nitrogen and oxygen atoms in total. The summed E-state index contributed by atoms with van der Waals surface area (Å²) >= 11 is 0. The first-order valence-corrected chi connectivity index (χ1v) is 9.14. The quantitative estimate of drug-likeness (QED) is 0.598. The number of rotatable bonds is 9. The molecule has 0 aliphatic carbocycles. The van der Waals surface area contributed by atoms with Gasteiger partial charge in [0.2, 0.25) is 10.0 Å². The molecule has 114 valence electrons. The first kappa shape index (κ1) is 16.9. The Labute approximate surface area is 118 Å². The number of hydrogen-bond acceptors (Lipinski definition) is 4. The molecule has 6 heteroatoms. The Morgan fingerprint density at radius 1 is 1.11 bits per heavy atom. The van der Waals surface area contributed by atoms with Crippen molar-refractivity contribution in [2.45, 2.75) is 32.6 Å². The molecule has 0 unspecified atom stereocenters. The van der Waals surface area contributed by atoms with E-state index in [1.807, 2.05) is 0 Å². The predicted octanol–water partition coefficient (Wildman–Crippen LogP) is 1.16. The Morgan fingerprint density at radius 3 is 2.37 bits per heavy atom. The molecule has 1 aliphatic heterocycles. The maximum atomic E-state index is 11.8. The van der Waals surface area contributed by atoms with Crippen molar-refractivity contribution in [2.75, 3.05) is 52.2 Å². The van der Waals surface area contributed by atoms with E-state index in [0.29, 0.717) is 13.1 Å². The van der Waals surface area contributed by atoms with E-state index in [1.165, 1.54) is 19.1 Å². The summed E-state index contributed by atoms with van der Waals surface area (Å²) in [5.41, 5.74) is 0. The molecule has 1 saturated heterocycles. The largest absolute Gasteiger partial charge is 0.379 e. The molecule has 1 heterocycles. The Bertz CT molecular complexity index is 327. The molecule has 0 atom stereocenters. The van der Waals surface area contributed by atoms with Crippen molar-refractivity contribution in [3.05, 3.63) is 0 Å². The van der Waals surface area contributed by atoms with E-state index in [2.05, 4.69) is 11.8 Å². The molecule has 0 N–H and O–H groups in total. The van der Waals surface area contributed by atoms with Crippen molar-refractivity contribution in [2.24, 2.45) is 0 Å². The number of unbranched alkanes of at least 4 members (excludes halogenated alkanes) is 3. The van der Waals surface area contributed by atoms with E-state index < -0.39 is 10.0 Å². The van der Waals surface area contributed by atoms with E-state index in [-0.39, 0.29) is 0 Å². The summed E-state index contributed by atoms with van der Waals surface area (Å²) in [4.78, 5) is 2.27. The summed E-state index contributed by atoms with van der Waals surface area (Å²) in [5, 5.41) is 0. The molecule has 0 bridgehead atoms. The molecule has 19 heavy (non-hydrogen) atoms. The average Bonchev–Trinajstić information content (AvgIpc) is 2.37. The number of hydrogen-bond donors (Lipinski definition) is 0. The van der Waals surface area contributed by atoms with Crippen molar-refractivity contribution < 1.29 is 13.2 Å². The van der Waals surface area contributed by atoms with Gasteiger partial charge in [-0.3, -0.25) is 4.90 Å². The summed E-state index contributed by atoms with van der Waals surface area (Å²) in [6.07, 6.45) is 5.74. The highest BCUT2D eigenvalue weighted by Crippen LogP contribution is 2.06. The van der Waals surface area contributed by atoms with E-state index >= 15 is 0 Å². The zero-order valence-electron chi connectivity index (χ0n) is 12.3. The maximum Gasteiger partial charge on any atom is 0.211 e. The Morgan fingerprint density at radius 2 is 1.79 bits per heavy atom. The Hall–Kier alpha value is -0.170. The second-order valence-corrected chi connectivity index (χ2v) is 7.16. The predicted molar refractivity (Wildman–Crippen MR) is 77.8 cm³/mol. The van der Waals surface area contributed by atoms with E-state index in [0.717, 1.165) is 45.7 Å². The van der Waals surface area contributed by atoms with Crippen LogP contribution in [-0.2, 0) is 14.8 Å². The minimum Gasteiger partial charge on any atom is -0.379 e. The van der Waals surface area contributed by atoms with Crippen LogP contribution in [0.4, 0.5) is 0 Å². The summed E-state index contributed by atoms with van der Waals surface area (Å²) in [6.45, 7) is 7.57. The van der Waals surface area contributed by atoms with Crippen LogP contribution in [0.15, 0.2) is 0 Å². The van der Waals surface area contributed by atoms with E-state index in [4.69, 9.17) is 4.74 Å². The van der Waals surface area contributed by atoms with Gasteiger partial charge in [-0.1, -0.05) is 26.2 Å². The smallest absolute Gasteiger partial charge is 0.211 e. The maximum absolute atomic E-state index is 11.8. The summed E-state index contributed by atoms with van der Waals surface area (Å²) < 4.78 is 30.4. The van der Waals surface area contributed by atoms with Crippen LogP contribution < -0.4 is 0 Å². The number of sulfonamides is 1. The number of ether oxygens (including phenoxy) is 1. The van der Waals surface area contributed by atoms with Gasteiger partial charge in [-0.15, -0.1) is 0 Å². The van der Waals surface area contributed by atoms with Crippen molar-refractivity contribution in [1.82, 2.24) is 9.21 Å². The van der Waals surface area contributed by atoms with Crippen LogP contribution in [-0.4, -0.2) is 69.8 Å². The SMILES string of the molecule is CCCCCCN(CCN1CCOCC1)S(C)(=O)=O. The van der Waals surface area contributed by atoms with Gasteiger partial charge < -0.3 is 4.74 Å². The second-order valence-electron chi connectivity index (χ2n) is 5.18. The molecule has 0 radical (unpaired) electrons. The zero-order valence-corrected chi connectivity index (χ0v) is 13.1. The fourth-order valence-electron chi connectivity index (χ4n) is 2.24. The standard InChI is InChI=1S/C13H28N2O3S/c1-3-4-5-6-7-15(19(2,16)17)9-8-14-10-12-18-13-11-14/h3-13H2,1-2H3. The molecule has 1 fully saturated rings. The third-order valence-electron chi connectivity index (χ3n) is 3.50. The molecular formula is C13H28N2O3S. The van der Waals surface area contributed by atoms with Crippen LogP contribution in [0.25, 0.3) is 0 Å². The monoisotopic (exact) mass is 292 g/mol. The van der Waals surface area contributed by atoms with Crippen LogP contribution in [0.5, 0.6) is 0 Å². The van der Waals surface area contributed by atoms with E-state index in [9.17, 15) is 8.42 Å². The second kappa shape index (κ2) is 8.89. The van der Waals surface area contributed by atoms with Gasteiger partial charge in [0.1, 0.15) is 0 Å². The fourth-order valence-corrected chi connectivity index (χ4v) is 3.11. The highest BCUT2D eigenvalue weighted by Gasteiger charge is 2.18. The van der Waals surface area contributed by atoms with Gasteiger partial charge in [0.25, 0.3) is 0 Å². The molecular weight excluding hydrogens is 264 g/mol. The van der Waals surface area contributed by atoms with Crippen LogP contribution in [0.1, 0.15) is 32.6 Å². The highest BCUT2D eigenvalue weighted by molar-refractivity contribution is 7.88. The van der Waals surface area contributed by atoms with Gasteiger partial charge in [-0.25, -0.2) is 12.7 Å². The lowest BCUT2D eigenvalue weighted by Gasteiger charge is -2.29. The summed E-state index contributed by atoms with van der Waals surface area (Å²) in [5.74, 6) is 0. The molecule has 0 aromatic rings. The number of morpholine rings is 1. The van der Waals surface area contributed by atoms with Gasteiger partial charge >= 0.3 is 0 Å². The van der Waals surface area contributed by atoms with Gasteiger partial charge in [0.15, 0.2) is 0 Å². The molecule has 0 saturated carbocycles. The highest BCUT2D eigenvalue weighted by atomic mass is 32.2. The molecule has 1 rings (SSSR count). The lowest BCUT2D eigenvalue weighted by Crippen LogP contribution is -2.43. The topological polar surface area (TPSA) is 49.9 Å². The molecule has 0 aromatic carbocycles. The molecule has 0 spiro atoms. The summed E-state index contributed by atoms with van der Waals surface area (Å²) in [7, 11) is -3.08. The van der Waals surface area contributed by atoms with Crippen molar-refractivity contribution >= 4 is 10.0 Å². The van der Waals surface area contributed by atoms with E-state index in [1.54, 1.807) is 4.31 Å². The van der Waals surface area contributed by atoms with Gasteiger partial charge in [-0.05, 0) is 6.42 Å². The zero-order chi connectivity index (χ0) is 14.1. The average molecular weight is 292 g/mol. The molecule has 1 aliphatic rings. The Kier molecular flexibility index (Phi) is 7.90. The molecule has 0 aromatic heterocycles. The van der Waals surface area contributed by atoms with Gasteiger partial charge in [0.05, 0.1) is 19.5 Å². The lowest BCUT2D eigenvalue weighted by molar-refractivity contribution is 0.0363. The third kappa shape index (κ3) is 7.25. The van der Waals surface area contributed by atoms with Gasteiger partial charge in [0, 0.05) is 32.7 Å². The lowest BCUT2D eigenvalue weighted by atomic mass is 10.2.